The summed E-state index contributed by atoms with van der Waals surface area (Å²) in [5, 5.41) is 18.5. The van der Waals surface area contributed by atoms with Gasteiger partial charge in [-0.25, -0.2) is 4.98 Å². The zero-order chi connectivity index (χ0) is 14.4. The third-order valence-electron chi connectivity index (χ3n) is 3.02. The molecular weight excluding hydrogens is 250 g/mol. The minimum atomic E-state index is 0.0212. The van der Waals surface area contributed by atoms with Crippen LogP contribution in [-0.2, 0) is 6.54 Å². The summed E-state index contributed by atoms with van der Waals surface area (Å²) in [6, 6.07) is 15.7. The number of nitriles is 1. The van der Waals surface area contributed by atoms with Crippen molar-refractivity contribution in [2.75, 3.05) is 18.1 Å². The van der Waals surface area contributed by atoms with E-state index in [4.69, 9.17) is 0 Å². The number of benzene rings is 1. The van der Waals surface area contributed by atoms with Gasteiger partial charge in [0.15, 0.2) is 0 Å². The maximum Gasteiger partial charge on any atom is 0.147 e. The molecule has 0 unspecified atom stereocenters. The molecule has 0 amide bonds. The van der Waals surface area contributed by atoms with Crippen LogP contribution in [0.5, 0.6) is 0 Å². The van der Waals surface area contributed by atoms with Gasteiger partial charge < -0.3 is 10.0 Å². The molecule has 4 nitrogen and oxygen atoms in total. The normalized spacial score (nSPS) is 10.1. The first-order valence-electron chi connectivity index (χ1n) is 6.52. The highest BCUT2D eigenvalue weighted by Gasteiger charge is 2.13. The van der Waals surface area contributed by atoms with E-state index in [-0.39, 0.29) is 6.61 Å². The summed E-state index contributed by atoms with van der Waals surface area (Å²) in [6.07, 6.45) is 0. The molecule has 1 aromatic heterocycles. The molecule has 2 rings (SSSR count). The summed E-state index contributed by atoms with van der Waals surface area (Å²) in [4.78, 5) is 6.38. The zero-order valence-corrected chi connectivity index (χ0v) is 11.5. The summed E-state index contributed by atoms with van der Waals surface area (Å²) < 4.78 is 0. The van der Waals surface area contributed by atoms with Gasteiger partial charge in [0.1, 0.15) is 11.9 Å². The average Bonchev–Trinajstić information content (AvgIpc) is 2.48. The Balaban J connectivity index is 2.33. The van der Waals surface area contributed by atoms with E-state index in [9.17, 15) is 10.4 Å². The SMILES string of the molecule is Cc1ccc(C#N)c(N(CCO)Cc2ccccc2)n1. The molecule has 0 bridgehead atoms. The number of hydrogen-bond donors (Lipinski definition) is 1. The monoisotopic (exact) mass is 267 g/mol. The molecule has 0 radical (unpaired) electrons. The smallest absolute Gasteiger partial charge is 0.147 e. The molecule has 20 heavy (non-hydrogen) atoms. The Hall–Kier alpha value is -2.38. The van der Waals surface area contributed by atoms with Gasteiger partial charge in [-0.1, -0.05) is 30.3 Å². The Bertz CT molecular complexity index is 605. The maximum atomic E-state index is 9.26. The number of aryl methyl sites for hydroxylation is 1. The number of pyridine rings is 1. The Morgan fingerprint density at radius 1 is 1.20 bits per heavy atom. The molecule has 1 N–H and O–H groups in total. The molecule has 0 fully saturated rings. The molecular formula is C16H17N3O. The predicted molar refractivity (Wildman–Crippen MR) is 78.3 cm³/mol. The van der Waals surface area contributed by atoms with Crippen molar-refractivity contribution in [3.63, 3.8) is 0 Å². The van der Waals surface area contributed by atoms with Crippen LogP contribution in [0.2, 0.25) is 0 Å². The van der Waals surface area contributed by atoms with Gasteiger partial charge in [-0.3, -0.25) is 0 Å². The second kappa shape index (κ2) is 6.69. The van der Waals surface area contributed by atoms with E-state index in [1.807, 2.05) is 48.2 Å². The van der Waals surface area contributed by atoms with E-state index in [1.54, 1.807) is 6.07 Å². The zero-order valence-electron chi connectivity index (χ0n) is 11.5. The molecule has 0 spiro atoms. The van der Waals surface area contributed by atoms with Crippen molar-refractivity contribution in [1.29, 1.82) is 5.26 Å². The Labute approximate surface area is 118 Å². The Kier molecular flexibility index (Phi) is 4.70. The predicted octanol–water partition coefficient (Wildman–Crippen LogP) is 2.26. The molecule has 0 atom stereocenters. The summed E-state index contributed by atoms with van der Waals surface area (Å²) in [6.45, 7) is 2.98. The van der Waals surface area contributed by atoms with E-state index in [1.165, 1.54) is 0 Å². The Morgan fingerprint density at radius 2 is 1.95 bits per heavy atom. The van der Waals surface area contributed by atoms with Crippen LogP contribution in [0.4, 0.5) is 5.82 Å². The first-order valence-corrected chi connectivity index (χ1v) is 6.52. The number of anilines is 1. The third-order valence-corrected chi connectivity index (χ3v) is 3.02. The second-order valence-corrected chi connectivity index (χ2v) is 4.57. The van der Waals surface area contributed by atoms with E-state index in [0.29, 0.717) is 24.5 Å². The van der Waals surface area contributed by atoms with Crippen molar-refractivity contribution < 1.29 is 5.11 Å². The van der Waals surface area contributed by atoms with Crippen molar-refractivity contribution in [1.82, 2.24) is 4.98 Å². The lowest BCUT2D eigenvalue weighted by Gasteiger charge is -2.24. The van der Waals surface area contributed by atoms with Crippen LogP contribution in [0, 0.1) is 18.3 Å². The highest BCUT2D eigenvalue weighted by Crippen LogP contribution is 2.20. The van der Waals surface area contributed by atoms with Crippen LogP contribution < -0.4 is 4.90 Å². The van der Waals surface area contributed by atoms with Gasteiger partial charge in [-0.05, 0) is 24.6 Å². The molecule has 1 aromatic carbocycles. The second-order valence-electron chi connectivity index (χ2n) is 4.57. The van der Waals surface area contributed by atoms with Crippen LogP contribution in [0.1, 0.15) is 16.8 Å². The molecule has 4 heteroatoms. The molecule has 0 saturated carbocycles. The van der Waals surface area contributed by atoms with E-state index < -0.39 is 0 Å². The molecule has 102 valence electrons. The van der Waals surface area contributed by atoms with Gasteiger partial charge in [-0.15, -0.1) is 0 Å². The molecule has 2 aromatic rings. The molecule has 0 saturated heterocycles. The lowest BCUT2D eigenvalue weighted by molar-refractivity contribution is 0.301. The Morgan fingerprint density at radius 3 is 2.60 bits per heavy atom. The minimum Gasteiger partial charge on any atom is -0.395 e. The van der Waals surface area contributed by atoms with Gasteiger partial charge in [0.25, 0.3) is 0 Å². The van der Waals surface area contributed by atoms with Crippen molar-refractivity contribution in [3.05, 3.63) is 59.3 Å². The highest BCUT2D eigenvalue weighted by atomic mass is 16.3. The number of aromatic nitrogens is 1. The first kappa shape index (κ1) is 14.0. The first-order chi connectivity index (χ1) is 9.74. The van der Waals surface area contributed by atoms with Gasteiger partial charge in [0, 0.05) is 18.8 Å². The lowest BCUT2D eigenvalue weighted by Crippen LogP contribution is -2.28. The van der Waals surface area contributed by atoms with Crippen LogP contribution >= 0.6 is 0 Å². The highest BCUT2D eigenvalue weighted by molar-refractivity contribution is 5.54. The van der Waals surface area contributed by atoms with Gasteiger partial charge in [-0.2, -0.15) is 5.26 Å². The quantitative estimate of drug-likeness (QED) is 0.902. The van der Waals surface area contributed by atoms with Crippen molar-refractivity contribution in [2.45, 2.75) is 13.5 Å². The average molecular weight is 267 g/mol. The third kappa shape index (κ3) is 3.34. The van der Waals surface area contributed by atoms with Crippen molar-refractivity contribution >= 4 is 5.82 Å². The van der Waals surface area contributed by atoms with Crippen LogP contribution in [0.25, 0.3) is 0 Å². The van der Waals surface area contributed by atoms with Crippen LogP contribution in [0.3, 0.4) is 0 Å². The summed E-state index contributed by atoms with van der Waals surface area (Å²) >= 11 is 0. The van der Waals surface area contributed by atoms with Gasteiger partial charge >= 0.3 is 0 Å². The fourth-order valence-corrected chi connectivity index (χ4v) is 2.06. The number of rotatable bonds is 5. The van der Waals surface area contributed by atoms with Gasteiger partial charge in [0.05, 0.1) is 12.2 Å². The molecule has 1 heterocycles. The van der Waals surface area contributed by atoms with Crippen LogP contribution in [0.15, 0.2) is 42.5 Å². The van der Waals surface area contributed by atoms with E-state index >= 15 is 0 Å². The molecule has 0 aliphatic heterocycles. The largest absolute Gasteiger partial charge is 0.395 e. The number of aliphatic hydroxyl groups is 1. The summed E-state index contributed by atoms with van der Waals surface area (Å²) in [5.74, 6) is 0.630. The lowest BCUT2D eigenvalue weighted by atomic mass is 10.2. The van der Waals surface area contributed by atoms with E-state index in [0.717, 1.165) is 11.3 Å². The standard InChI is InChI=1S/C16H17N3O/c1-13-7-8-15(11-17)16(18-13)19(9-10-20)12-14-5-3-2-4-6-14/h2-8,20H,9-10,12H2,1H3. The van der Waals surface area contributed by atoms with E-state index in [2.05, 4.69) is 11.1 Å². The topological polar surface area (TPSA) is 60.2 Å². The fourth-order valence-electron chi connectivity index (χ4n) is 2.06. The molecule has 0 aliphatic carbocycles. The summed E-state index contributed by atoms with van der Waals surface area (Å²) in [5.41, 5.74) is 2.50. The van der Waals surface area contributed by atoms with Crippen molar-refractivity contribution in [3.8, 4) is 6.07 Å². The van der Waals surface area contributed by atoms with Gasteiger partial charge in [0.2, 0.25) is 0 Å². The minimum absolute atomic E-state index is 0.0212. The van der Waals surface area contributed by atoms with Crippen LogP contribution in [-0.4, -0.2) is 23.2 Å². The maximum absolute atomic E-state index is 9.26. The number of hydrogen-bond acceptors (Lipinski definition) is 4. The summed E-state index contributed by atoms with van der Waals surface area (Å²) in [7, 11) is 0. The molecule has 0 aliphatic rings. The number of aliphatic hydroxyl groups excluding tert-OH is 1. The fraction of sp³-hybridized carbons (Fsp3) is 0.250. The number of nitrogens with zero attached hydrogens (tertiary/aromatic N) is 3. The van der Waals surface area contributed by atoms with Crippen molar-refractivity contribution in [2.24, 2.45) is 0 Å².